The monoisotopic (exact) mass is 593 g/mol. The van der Waals surface area contributed by atoms with Gasteiger partial charge in [0.05, 0.1) is 23.3 Å². The Hall–Kier alpha value is -2.96. The summed E-state index contributed by atoms with van der Waals surface area (Å²) in [5.74, 6) is 0.0662. The molecule has 3 aliphatic rings. The van der Waals surface area contributed by atoms with Crippen molar-refractivity contribution in [3.8, 4) is 6.07 Å². The number of H-pyrrole nitrogens is 2. The number of hydrogen-bond acceptors (Lipinski definition) is 5. The molecule has 0 radical (unpaired) electrons. The zero-order valence-electron chi connectivity index (χ0n) is 22.8. The number of nitrogens with zero attached hydrogens (tertiary/aromatic N) is 3. The molecule has 198 valence electrons. The first kappa shape index (κ1) is 26.6. The van der Waals surface area contributed by atoms with Crippen molar-refractivity contribution in [1.82, 2.24) is 9.97 Å². The van der Waals surface area contributed by atoms with E-state index >= 15 is 0 Å². The van der Waals surface area contributed by atoms with Gasteiger partial charge in [0.2, 0.25) is 0 Å². The number of hydrogen-bond donors (Lipinski definition) is 2. The minimum Gasteiger partial charge on any atom is -0.355 e. The van der Waals surface area contributed by atoms with Gasteiger partial charge >= 0.3 is 0 Å². The van der Waals surface area contributed by atoms with Gasteiger partial charge in [0.15, 0.2) is 9.84 Å². The van der Waals surface area contributed by atoms with Crippen molar-refractivity contribution < 1.29 is 8.42 Å². The summed E-state index contributed by atoms with van der Waals surface area (Å²) in [7, 11) is -3.12. The van der Waals surface area contributed by atoms with E-state index in [4.69, 9.17) is 4.99 Å². The standard InChI is InChI=1S/C29H32BrN5O2S/c1-15-16(2)23(32-22(15)8-19-11-28(5,6)29(7,14-31)35-19)9-24-17(3)18(4)25(33-24)10-26-20-12-38(36,37)13-21(20)27(30)34-26/h8-10,32-33H,11-13H2,1-7H3/b22-8-,23-9-,26-10-. The summed E-state index contributed by atoms with van der Waals surface area (Å²) in [6.07, 6.45) is 6.88. The van der Waals surface area contributed by atoms with Gasteiger partial charge < -0.3 is 9.97 Å². The van der Waals surface area contributed by atoms with Crippen LogP contribution in [0.5, 0.6) is 0 Å². The first-order valence-corrected chi connectivity index (χ1v) is 15.2. The van der Waals surface area contributed by atoms with Crippen molar-refractivity contribution in [2.45, 2.75) is 60.4 Å². The number of aromatic nitrogens is 2. The van der Waals surface area contributed by atoms with Crippen molar-refractivity contribution in [1.29, 1.82) is 5.26 Å². The molecule has 5 rings (SSSR count). The number of allylic oxidation sites excluding steroid dienone is 1. The number of nitriles is 1. The Morgan fingerprint density at radius 2 is 1.47 bits per heavy atom. The van der Waals surface area contributed by atoms with E-state index in [1.54, 1.807) is 0 Å². The Bertz CT molecular complexity index is 1810. The molecule has 5 heterocycles. The second kappa shape index (κ2) is 8.78. The molecule has 0 fully saturated rings. The summed E-state index contributed by atoms with van der Waals surface area (Å²) in [6, 6.07) is 2.39. The lowest BCUT2D eigenvalue weighted by Gasteiger charge is -2.29. The number of aromatic amines is 2. The molecule has 1 atom stereocenters. The molecular weight excluding hydrogens is 562 g/mol. The minimum atomic E-state index is -3.12. The summed E-state index contributed by atoms with van der Waals surface area (Å²) < 4.78 is 25.0. The van der Waals surface area contributed by atoms with Crippen LogP contribution in [0.15, 0.2) is 26.8 Å². The third-order valence-corrected chi connectivity index (χ3v) is 10.7. The maximum absolute atomic E-state index is 12.2. The highest BCUT2D eigenvalue weighted by atomic mass is 79.9. The second-order valence-corrected chi connectivity index (χ2v) is 14.3. The van der Waals surface area contributed by atoms with Crippen LogP contribution in [0, 0.1) is 44.4 Å². The summed E-state index contributed by atoms with van der Waals surface area (Å²) in [4.78, 5) is 16.4. The van der Waals surface area contributed by atoms with E-state index in [9.17, 15) is 13.7 Å². The van der Waals surface area contributed by atoms with Crippen LogP contribution in [-0.4, -0.2) is 45.8 Å². The molecule has 0 bridgehead atoms. The normalized spacial score (nSPS) is 25.8. The molecule has 0 aliphatic carbocycles. The predicted molar refractivity (Wildman–Crippen MR) is 158 cm³/mol. The van der Waals surface area contributed by atoms with E-state index in [1.807, 2.05) is 13.0 Å². The zero-order valence-corrected chi connectivity index (χ0v) is 25.2. The van der Waals surface area contributed by atoms with E-state index in [2.05, 4.69) is 90.7 Å². The number of sulfone groups is 1. The van der Waals surface area contributed by atoms with Crippen LogP contribution in [0.4, 0.5) is 0 Å². The van der Waals surface area contributed by atoms with Crippen LogP contribution in [0.3, 0.4) is 0 Å². The third-order valence-electron chi connectivity index (χ3n) is 8.56. The highest BCUT2D eigenvalue weighted by Crippen LogP contribution is 2.43. The molecular formula is C29H32BrN5O2S. The highest BCUT2D eigenvalue weighted by Gasteiger charge is 2.46. The molecule has 0 saturated carbocycles. The van der Waals surface area contributed by atoms with Gasteiger partial charge in [-0.05, 0) is 103 Å². The van der Waals surface area contributed by atoms with Crippen LogP contribution in [0.1, 0.15) is 60.8 Å². The average Bonchev–Trinajstić information content (AvgIpc) is 3.53. The molecule has 7 nitrogen and oxygen atoms in total. The Labute approximate surface area is 231 Å². The quantitative estimate of drug-likeness (QED) is 0.555. The van der Waals surface area contributed by atoms with Crippen LogP contribution in [0.25, 0.3) is 18.2 Å². The Balaban J connectivity index is 1.53. The van der Waals surface area contributed by atoms with Gasteiger partial charge in [-0.25, -0.2) is 13.4 Å². The molecule has 0 amide bonds. The number of rotatable bonds is 3. The van der Waals surface area contributed by atoms with Gasteiger partial charge in [0.25, 0.3) is 0 Å². The van der Waals surface area contributed by atoms with Crippen molar-refractivity contribution >= 4 is 54.3 Å². The number of nitrogens with one attached hydrogen (secondary N) is 2. The first-order chi connectivity index (χ1) is 17.6. The zero-order chi connectivity index (χ0) is 27.8. The van der Waals surface area contributed by atoms with Gasteiger partial charge in [-0.1, -0.05) is 13.8 Å². The van der Waals surface area contributed by atoms with Crippen LogP contribution in [-0.2, 0) is 9.84 Å². The lowest BCUT2D eigenvalue weighted by Crippen LogP contribution is -2.34. The van der Waals surface area contributed by atoms with Gasteiger partial charge in [0, 0.05) is 38.8 Å². The fourth-order valence-corrected chi connectivity index (χ4v) is 7.67. The summed E-state index contributed by atoms with van der Waals surface area (Å²) in [5, 5.41) is 11.7. The van der Waals surface area contributed by atoms with Crippen molar-refractivity contribution in [3.63, 3.8) is 0 Å². The van der Waals surface area contributed by atoms with Crippen LogP contribution >= 0.6 is 15.9 Å². The van der Waals surface area contributed by atoms with Crippen molar-refractivity contribution in [2.75, 3.05) is 11.5 Å². The Morgan fingerprint density at radius 3 is 2.08 bits per heavy atom. The van der Waals surface area contributed by atoms with Crippen molar-refractivity contribution in [2.24, 2.45) is 15.4 Å². The predicted octanol–water partition coefficient (Wildman–Crippen LogP) is 4.21. The van der Waals surface area contributed by atoms with Crippen molar-refractivity contribution in [3.05, 3.63) is 61.2 Å². The van der Waals surface area contributed by atoms with E-state index in [0.717, 1.165) is 67.6 Å². The molecule has 0 aromatic carbocycles. The van der Waals surface area contributed by atoms with Gasteiger partial charge in [-0.15, -0.1) is 0 Å². The fourth-order valence-electron chi connectivity index (χ4n) is 5.30. The van der Waals surface area contributed by atoms with Gasteiger partial charge in [-0.2, -0.15) is 5.26 Å². The van der Waals surface area contributed by atoms with E-state index in [0.29, 0.717) is 10.3 Å². The number of aliphatic imine (C=N–C) groups is 2. The maximum Gasteiger partial charge on any atom is 0.158 e. The van der Waals surface area contributed by atoms with Gasteiger partial charge in [0.1, 0.15) is 10.2 Å². The third kappa shape index (κ3) is 4.28. The Morgan fingerprint density at radius 1 is 0.895 bits per heavy atom. The highest BCUT2D eigenvalue weighted by molar-refractivity contribution is 9.18. The molecule has 2 N–H and O–H groups in total. The van der Waals surface area contributed by atoms with E-state index in [1.165, 1.54) is 0 Å². The molecule has 1 unspecified atom stereocenters. The van der Waals surface area contributed by atoms with Gasteiger partial charge in [-0.3, -0.25) is 4.99 Å². The summed E-state index contributed by atoms with van der Waals surface area (Å²) in [6.45, 7) is 14.4. The first-order valence-electron chi connectivity index (χ1n) is 12.6. The molecule has 0 spiro atoms. The van der Waals surface area contributed by atoms with Crippen LogP contribution in [0.2, 0.25) is 0 Å². The SMILES string of the molecule is Cc1c(/C=C2\N=C(Br)C3=C2CS(=O)(=O)C3)[nH]c(/C=c2\[nH]/c(=C\C3=NC(C)(C#N)C(C)(C)C3)c(C)c2C)c1C. The lowest BCUT2D eigenvalue weighted by atomic mass is 9.74. The Kier molecular flexibility index (Phi) is 6.16. The fraction of sp³-hybridized carbons (Fsp3) is 0.414. The summed E-state index contributed by atoms with van der Waals surface area (Å²) in [5.41, 5.74) is 8.65. The molecule has 9 heteroatoms. The molecule has 2 aromatic heterocycles. The molecule has 0 saturated heterocycles. The lowest BCUT2D eigenvalue weighted by molar-refractivity contribution is 0.276. The molecule has 38 heavy (non-hydrogen) atoms. The summed E-state index contributed by atoms with van der Waals surface area (Å²) >= 11 is 3.44. The van der Waals surface area contributed by atoms with Crippen LogP contribution < -0.4 is 10.7 Å². The second-order valence-electron chi connectivity index (χ2n) is 11.5. The topological polar surface area (TPSA) is 114 Å². The molecule has 3 aliphatic heterocycles. The molecule has 2 aromatic rings. The average molecular weight is 595 g/mol. The largest absolute Gasteiger partial charge is 0.355 e. The van der Waals surface area contributed by atoms with E-state index in [-0.39, 0.29) is 16.9 Å². The number of halogens is 1. The van der Waals surface area contributed by atoms with E-state index < -0.39 is 15.4 Å². The maximum atomic E-state index is 12.2. The smallest absolute Gasteiger partial charge is 0.158 e. The minimum absolute atomic E-state index is 0.0285.